The first-order chi connectivity index (χ1) is 2.89. The Morgan fingerprint density at radius 1 is 2.00 bits per heavy atom. The van der Waals surface area contributed by atoms with E-state index in [9.17, 15) is 4.79 Å². The minimum absolute atomic E-state index is 0.0509. The molecule has 0 atom stereocenters. The van der Waals surface area contributed by atoms with Gasteiger partial charge in [-0.1, -0.05) is 0 Å². The van der Waals surface area contributed by atoms with Crippen LogP contribution >= 0.6 is 0 Å². The molecule has 6 heavy (non-hydrogen) atoms. The standard InChI is InChI=1S/C3H3NOSe/c5-3-1-6-2-4-3/h2H,1H2. The third kappa shape index (κ3) is 0.671. The van der Waals surface area contributed by atoms with Gasteiger partial charge in [-0.2, -0.15) is 0 Å². The van der Waals surface area contributed by atoms with E-state index in [1.165, 1.54) is 0 Å². The summed E-state index contributed by atoms with van der Waals surface area (Å²) in [7, 11) is 0. The third-order valence-electron chi connectivity index (χ3n) is 0.478. The fraction of sp³-hybridized carbons (Fsp3) is 0.333. The summed E-state index contributed by atoms with van der Waals surface area (Å²) in [6.45, 7) is 0. The Hall–Kier alpha value is -0.141. The third-order valence-corrected chi connectivity index (χ3v) is 1.88. The second kappa shape index (κ2) is 1.54. The molecule has 0 fully saturated rings. The second-order valence-corrected chi connectivity index (χ2v) is 2.69. The van der Waals surface area contributed by atoms with Crippen molar-refractivity contribution in [3.63, 3.8) is 0 Å². The first-order valence-corrected chi connectivity index (χ1v) is 3.76. The number of amides is 1. The Labute approximate surface area is 41.8 Å². The molecule has 0 spiro atoms. The average molecular weight is 148 g/mol. The molecule has 0 aromatic heterocycles. The van der Waals surface area contributed by atoms with Crippen LogP contribution in [0.1, 0.15) is 0 Å². The first-order valence-electron chi connectivity index (χ1n) is 1.56. The van der Waals surface area contributed by atoms with Crippen LogP contribution in [0.5, 0.6) is 0 Å². The summed E-state index contributed by atoms with van der Waals surface area (Å²) < 4.78 is 0. The maximum absolute atomic E-state index is 10.1. The van der Waals surface area contributed by atoms with Crippen LogP contribution in [0.25, 0.3) is 0 Å². The van der Waals surface area contributed by atoms with Crippen molar-refractivity contribution < 1.29 is 4.79 Å². The van der Waals surface area contributed by atoms with Crippen molar-refractivity contribution in [3.05, 3.63) is 0 Å². The molecule has 0 unspecified atom stereocenters. The van der Waals surface area contributed by atoms with E-state index in [0.29, 0.717) is 20.3 Å². The predicted octanol–water partition coefficient (Wildman–Crippen LogP) is -0.323. The van der Waals surface area contributed by atoms with E-state index in [1.807, 2.05) is 0 Å². The van der Waals surface area contributed by atoms with E-state index < -0.39 is 0 Å². The van der Waals surface area contributed by atoms with E-state index in [0.717, 1.165) is 0 Å². The van der Waals surface area contributed by atoms with Gasteiger partial charge in [0, 0.05) is 0 Å². The predicted molar refractivity (Wildman–Crippen MR) is 24.1 cm³/mol. The van der Waals surface area contributed by atoms with Crippen LogP contribution < -0.4 is 0 Å². The first kappa shape index (κ1) is 4.03. The Bertz CT molecular complexity index is 99.0. The monoisotopic (exact) mass is 149 g/mol. The van der Waals surface area contributed by atoms with Crippen LogP contribution in [-0.2, 0) is 4.79 Å². The van der Waals surface area contributed by atoms with Crippen molar-refractivity contribution in [2.24, 2.45) is 4.99 Å². The molecule has 0 aromatic carbocycles. The van der Waals surface area contributed by atoms with Crippen molar-refractivity contribution in [3.8, 4) is 0 Å². The molecule has 32 valence electrons. The average Bonchev–Trinajstić information content (AvgIpc) is 1.86. The molecule has 1 aliphatic rings. The minimum atomic E-state index is 0.0509. The van der Waals surface area contributed by atoms with Crippen LogP contribution in [0.3, 0.4) is 0 Å². The SMILES string of the molecule is O=C1C[Se]C=N1. The molecule has 1 rings (SSSR count). The quantitative estimate of drug-likeness (QED) is 0.433. The molecule has 1 heterocycles. The zero-order valence-electron chi connectivity index (χ0n) is 3.05. The fourth-order valence-electron chi connectivity index (χ4n) is 0.242. The molecule has 0 aromatic rings. The zero-order valence-corrected chi connectivity index (χ0v) is 4.76. The molecule has 0 bridgehead atoms. The van der Waals surface area contributed by atoms with Gasteiger partial charge in [0.05, 0.1) is 0 Å². The molecule has 0 N–H and O–H groups in total. The number of nitrogens with zero attached hydrogens (tertiary/aromatic N) is 1. The molecule has 0 saturated heterocycles. The van der Waals surface area contributed by atoms with Crippen LogP contribution in [0.2, 0.25) is 5.32 Å². The molecular formula is C3H3NOSe. The van der Waals surface area contributed by atoms with Crippen molar-refractivity contribution in [2.45, 2.75) is 5.32 Å². The number of carbonyl (C=O) groups excluding carboxylic acids is 1. The van der Waals surface area contributed by atoms with Gasteiger partial charge in [0.15, 0.2) is 0 Å². The van der Waals surface area contributed by atoms with Crippen LogP contribution in [0, 0.1) is 0 Å². The van der Waals surface area contributed by atoms with E-state index in [-0.39, 0.29) is 5.91 Å². The molecule has 2 nitrogen and oxygen atoms in total. The van der Waals surface area contributed by atoms with Gasteiger partial charge >= 0.3 is 41.1 Å². The Morgan fingerprint density at radius 3 is 3.00 bits per heavy atom. The van der Waals surface area contributed by atoms with Crippen LogP contribution in [-0.4, -0.2) is 26.0 Å². The summed E-state index contributed by atoms with van der Waals surface area (Å²) in [6.07, 6.45) is 0. The molecule has 1 amide bonds. The number of carbonyl (C=O) groups is 1. The number of rotatable bonds is 0. The molecular weight excluding hydrogens is 145 g/mol. The van der Waals surface area contributed by atoms with Crippen LogP contribution in [0.4, 0.5) is 0 Å². The summed E-state index contributed by atoms with van der Waals surface area (Å²) in [6, 6.07) is 0. The van der Waals surface area contributed by atoms with E-state index in [1.54, 1.807) is 5.11 Å². The topological polar surface area (TPSA) is 29.4 Å². The van der Waals surface area contributed by atoms with Gasteiger partial charge in [0.25, 0.3) is 0 Å². The van der Waals surface area contributed by atoms with Gasteiger partial charge in [0.2, 0.25) is 0 Å². The van der Waals surface area contributed by atoms with Crippen molar-refractivity contribution in [2.75, 3.05) is 0 Å². The number of hydrogen-bond acceptors (Lipinski definition) is 1. The van der Waals surface area contributed by atoms with E-state index >= 15 is 0 Å². The van der Waals surface area contributed by atoms with Crippen molar-refractivity contribution >= 4 is 26.0 Å². The van der Waals surface area contributed by atoms with Crippen molar-refractivity contribution in [1.29, 1.82) is 0 Å². The molecule has 0 aliphatic carbocycles. The molecule has 0 radical (unpaired) electrons. The normalized spacial score (nSPS) is 19.7. The van der Waals surface area contributed by atoms with Crippen LogP contribution in [0.15, 0.2) is 4.99 Å². The van der Waals surface area contributed by atoms with Gasteiger partial charge in [-0.15, -0.1) is 0 Å². The van der Waals surface area contributed by atoms with Gasteiger partial charge in [-0.3, -0.25) is 0 Å². The Balaban J connectivity index is 2.59. The summed E-state index contributed by atoms with van der Waals surface area (Å²) in [5, 5.41) is 2.41. The summed E-state index contributed by atoms with van der Waals surface area (Å²) in [4.78, 5) is 13.6. The Kier molecular flexibility index (Phi) is 1.03. The summed E-state index contributed by atoms with van der Waals surface area (Å²) in [5.74, 6) is 0.0509. The Morgan fingerprint density at radius 2 is 2.83 bits per heavy atom. The van der Waals surface area contributed by atoms with Gasteiger partial charge in [-0.05, 0) is 0 Å². The molecule has 0 saturated carbocycles. The van der Waals surface area contributed by atoms with Gasteiger partial charge in [0.1, 0.15) is 0 Å². The van der Waals surface area contributed by atoms with Gasteiger partial charge < -0.3 is 0 Å². The maximum atomic E-state index is 10.1. The van der Waals surface area contributed by atoms with E-state index in [4.69, 9.17) is 0 Å². The van der Waals surface area contributed by atoms with E-state index in [2.05, 4.69) is 4.99 Å². The summed E-state index contributed by atoms with van der Waals surface area (Å²) in [5.41, 5.74) is 0. The fourth-order valence-corrected chi connectivity index (χ4v) is 1.26. The number of aliphatic imine (C=N–C) groups is 1. The van der Waals surface area contributed by atoms with Crippen molar-refractivity contribution in [1.82, 2.24) is 0 Å². The van der Waals surface area contributed by atoms with Gasteiger partial charge in [-0.25, -0.2) is 0 Å². The second-order valence-electron chi connectivity index (χ2n) is 0.939. The molecule has 1 aliphatic heterocycles. The zero-order chi connectivity index (χ0) is 4.41. The number of hydrogen-bond donors (Lipinski definition) is 0. The summed E-state index contributed by atoms with van der Waals surface area (Å²) >= 11 is 0.400. The molecule has 3 heteroatoms.